The van der Waals surface area contributed by atoms with Gasteiger partial charge in [-0.3, -0.25) is 14.5 Å². The number of thiophene rings is 1. The van der Waals surface area contributed by atoms with Gasteiger partial charge in [-0.2, -0.15) is 0 Å². The van der Waals surface area contributed by atoms with Crippen LogP contribution >= 0.6 is 22.9 Å². The number of nitrogens with zero attached hydrogens (tertiary/aromatic N) is 1. The first-order chi connectivity index (χ1) is 11.5. The highest BCUT2D eigenvalue weighted by Crippen LogP contribution is 2.22. The van der Waals surface area contributed by atoms with E-state index in [2.05, 4.69) is 11.9 Å². The molecule has 0 bridgehead atoms. The topological polar surface area (TPSA) is 49.4 Å². The number of ketones is 1. The summed E-state index contributed by atoms with van der Waals surface area (Å²) in [5.74, 6) is -0.172. The van der Waals surface area contributed by atoms with E-state index < -0.39 is 0 Å². The van der Waals surface area contributed by atoms with E-state index in [0.717, 1.165) is 9.21 Å². The Bertz CT molecular complexity index is 742. The Hall–Kier alpha value is -1.95. The highest BCUT2D eigenvalue weighted by atomic mass is 35.5. The van der Waals surface area contributed by atoms with Crippen molar-refractivity contribution in [2.24, 2.45) is 0 Å². The molecular formula is C18H19ClN2O2S. The maximum absolute atomic E-state index is 12.3. The minimum Gasteiger partial charge on any atom is -0.325 e. The third kappa shape index (κ3) is 5.60. The van der Waals surface area contributed by atoms with Gasteiger partial charge in [0.2, 0.25) is 5.91 Å². The summed E-state index contributed by atoms with van der Waals surface area (Å²) >= 11 is 7.45. The summed E-state index contributed by atoms with van der Waals surface area (Å²) in [6.45, 7) is 6.69. The van der Waals surface area contributed by atoms with E-state index in [-0.39, 0.29) is 18.2 Å². The van der Waals surface area contributed by atoms with Crippen LogP contribution in [0.2, 0.25) is 4.34 Å². The third-order valence-electron chi connectivity index (χ3n) is 3.32. The zero-order valence-electron chi connectivity index (χ0n) is 13.4. The standard InChI is InChI=1S/C18H19ClN2O2S/c1-3-9-21(11-16-7-8-17(19)24-16)12-18(23)20-15-6-4-5-14(10-15)13(2)22/h3-8,10H,1,9,11-12H2,2H3,(H,20,23). The quantitative estimate of drug-likeness (QED) is 0.564. The van der Waals surface area contributed by atoms with Crippen molar-refractivity contribution in [1.29, 1.82) is 0 Å². The number of halogens is 1. The van der Waals surface area contributed by atoms with Crippen LogP contribution in [0.15, 0.2) is 49.1 Å². The van der Waals surface area contributed by atoms with Gasteiger partial charge in [-0.15, -0.1) is 17.9 Å². The average molecular weight is 363 g/mol. The highest BCUT2D eigenvalue weighted by Gasteiger charge is 2.12. The van der Waals surface area contributed by atoms with E-state index in [1.165, 1.54) is 18.3 Å². The number of carbonyl (C=O) groups is 2. The largest absolute Gasteiger partial charge is 0.325 e. The smallest absolute Gasteiger partial charge is 0.238 e. The van der Waals surface area contributed by atoms with Gasteiger partial charge in [0.25, 0.3) is 0 Å². The molecule has 1 aromatic heterocycles. The summed E-state index contributed by atoms with van der Waals surface area (Å²) in [6, 6.07) is 10.7. The molecular weight excluding hydrogens is 344 g/mol. The molecule has 6 heteroatoms. The van der Waals surface area contributed by atoms with E-state index in [9.17, 15) is 9.59 Å². The maximum Gasteiger partial charge on any atom is 0.238 e. The van der Waals surface area contributed by atoms with Crippen molar-refractivity contribution in [2.75, 3.05) is 18.4 Å². The van der Waals surface area contributed by atoms with Gasteiger partial charge in [0, 0.05) is 29.2 Å². The molecule has 0 aliphatic carbocycles. The number of hydrogen-bond acceptors (Lipinski definition) is 4. The Morgan fingerprint density at radius 2 is 2.12 bits per heavy atom. The molecule has 1 heterocycles. The van der Waals surface area contributed by atoms with E-state index in [0.29, 0.717) is 24.3 Å². The minimum absolute atomic E-state index is 0.0334. The second kappa shape index (κ2) is 8.78. The summed E-state index contributed by atoms with van der Waals surface area (Å²) in [7, 11) is 0. The Morgan fingerprint density at radius 3 is 2.75 bits per heavy atom. The van der Waals surface area contributed by atoms with Crippen molar-refractivity contribution in [1.82, 2.24) is 4.90 Å². The van der Waals surface area contributed by atoms with Crippen molar-refractivity contribution in [3.05, 3.63) is 63.8 Å². The molecule has 1 amide bonds. The summed E-state index contributed by atoms with van der Waals surface area (Å²) in [6.07, 6.45) is 1.76. The third-order valence-corrected chi connectivity index (χ3v) is 4.53. The predicted octanol–water partition coefficient (Wildman–Crippen LogP) is 4.23. The van der Waals surface area contributed by atoms with Crippen LogP contribution in [0.25, 0.3) is 0 Å². The van der Waals surface area contributed by atoms with Gasteiger partial charge in [-0.25, -0.2) is 0 Å². The van der Waals surface area contributed by atoms with Crippen molar-refractivity contribution >= 4 is 40.3 Å². The fourth-order valence-corrected chi connectivity index (χ4v) is 3.37. The number of amides is 1. The van der Waals surface area contributed by atoms with Crippen molar-refractivity contribution < 1.29 is 9.59 Å². The van der Waals surface area contributed by atoms with Crippen LogP contribution in [0.1, 0.15) is 22.2 Å². The van der Waals surface area contributed by atoms with Crippen molar-refractivity contribution in [2.45, 2.75) is 13.5 Å². The van der Waals surface area contributed by atoms with Crippen LogP contribution in [0, 0.1) is 0 Å². The molecule has 126 valence electrons. The monoisotopic (exact) mass is 362 g/mol. The van der Waals surface area contributed by atoms with Crippen LogP contribution < -0.4 is 5.32 Å². The Labute approximate surface area is 150 Å². The molecule has 0 radical (unpaired) electrons. The fourth-order valence-electron chi connectivity index (χ4n) is 2.24. The number of benzene rings is 1. The van der Waals surface area contributed by atoms with E-state index in [1.807, 2.05) is 17.0 Å². The van der Waals surface area contributed by atoms with Crippen LogP contribution in [0.5, 0.6) is 0 Å². The average Bonchev–Trinajstić information content (AvgIpc) is 2.92. The molecule has 0 spiro atoms. The second-order valence-corrected chi connectivity index (χ2v) is 7.15. The van der Waals surface area contributed by atoms with E-state index >= 15 is 0 Å². The predicted molar refractivity (Wildman–Crippen MR) is 99.9 cm³/mol. The van der Waals surface area contributed by atoms with Gasteiger partial charge in [-0.05, 0) is 31.2 Å². The van der Waals surface area contributed by atoms with Gasteiger partial charge in [0.15, 0.2) is 5.78 Å². The van der Waals surface area contributed by atoms with Crippen LogP contribution in [0.3, 0.4) is 0 Å². The number of anilines is 1. The lowest BCUT2D eigenvalue weighted by Crippen LogP contribution is -2.32. The van der Waals surface area contributed by atoms with Gasteiger partial charge in [0.1, 0.15) is 0 Å². The minimum atomic E-state index is -0.139. The summed E-state index contributed by atoms with van der Waals surface area (Å²) in [5, 5.41) is 2.83. The molecule has 0 saturated heterocycles. The normalized spacial score (nSPS) is 10.6. The molecule has 2 aromatic rings. The first-order valence-electron chi connectivity index (χ1n) is 7.46. The Balaban J connectivity index is 1.98. The molecule has 1 aromatic carbocycles. The van der Waals surface area contributed by atoms with Gasteiger partial charge in [-0.1, -0.05) is 29.8 Å². The van der Waals surface area contributed by atoms with Gasteiger partial charge in [0.05, 0.1) is 10.9 Å². The Kier molecular flexibility index (Phi) is 6.73. The number of rotatable bonds is 8. The molecule has 0 fully saturated rings. The molecule has 0 aliphatic rings. The zero-order valence-corrected chi connectivity index (χ0v) is 15.0. The number of carbonyl (C=O) groups excluding carboxylic acids is 2. The summed E-state index contributed by atoms with van der Waals surface area (Å²) < 4.78 is 0.731. The number of nitrogens with one attached hydrogen (secondary N) is 1. The van der Waals surface area contributed by atoms with Crippen LogP contribution in [-0.2, 0) is 11.3 Å². The lowest BCUT2D eigenvalue weighted by Gasteiger charge is -2.19. The summed E-state index contributed by atoms with van der Waals surface area (Å²) in [4.78, 5) is 26.8. The molecule has 4 nitrogen and oxygen atoms in total. The SMILES string of the molecule is C=CCN(CC(=O)Nc1cccc(C(C)=O)c1)Cc1ccc(Cl)s1. The molecule has 0 unspecified atom stereocenters. The Morgan fingerprint density at radius 1 is 1.33 bits per heavy atom. The molecule has 0 saturated carbocycles. The van der Waals surface area contributed by atoms with Gasteiger partial charge >= 0.3 is 0 Å². The number of Topliss-reactive ketones (excluding diaryl/α,β-unsaturated/α-hetero) is 1. The lowest BCUT2D eigenvalue weighted by molar-refractivity contribution is -0.117. The molecule has 1 N–H and O–H groups in total. The summed E-state index contributed by atoms with van der Waals surface area (Å²) in [5.41, 5.74) is 1.19. The van der Waals surface area contributed by atoms with Gasteiger partial charge < -0.3 is 5.32 Å². The van der Waals surface area contributed by atoms with Crippen molar-refractivity contribution in [3.8, 4) is 0 Å². The molecule has 24 heavy (non-hydrogen) atoms. The van der Waals surface area contributed by atoms with Crippen molar-refractivity contribution in [3.63, 3.8) is 0 Å². The van der Waals surface area contributed by atoms with E-state index in [4.69, 9.17) is 11.6 Å². The molecule has 0 atom stereocenters. The second-order valence-electron chi connectivity index (χ2n) is 5.35. The molecule has 0 aliphatic heterocycles. The van der Waals surface area contributed by atoms with Crippen LogP contribution in [0.4, 0.5) is 5.69 Å². The lowest BCUT2D eigenvalue weighted by atomic mass is 10.1. The first-order valence-corrected chi connectivity index (χ1v) is 8.65. The number of hydrogen-bond donors (Lipinski definition) is 1. The fraction of sp³-hybridized carbons (Fsp3) is 0.222. The molecule has 2 rings (SSSR count). The highest BCUT2D eigenvalue weighted by molar-refractivity contribution is 7.16. The van der Waals surface area contributed by atoms with Crippen LogP contribution in [-0.4, -0.2) is 29.7 Å². The first kappa shape index (κ1) is 18.4. The maximum atomic E-state index is 12.3. The van der Waals surface area contributed by atoms with E-state index in [1.54, 1.807) is 30.3 Å². The zero-order chi connectivity index (χ0) is 17.5.